The van der Waals surface area contributed by atoms with Crippen molar-refractivity contribution in [2.75, 3.05) is 18.4 Å². The van der Waals surface area contributed by atoms with Crippen molar-refractivity contribution in [1.82, 2.24) is 14.8 Å². The summed E-state index contributed by atoms with van der Waals surface area (Å²) in [5.41, 5.74) is 7.32. The van der Waals surface area contributed by atoms with Crippen LogP contribution in [0.2, 0.25) is 0 Å². The Morgan fingerprint density at radius 1 is 1.47 bits per heavy atom. The molecule has 0 aliphatic heterocycles. The van der Waals surface area contributed by atoms with E-state index in [9.17, 15) is 0 Å². The van der Waals surface area contributed by atoms with Crippen LogP contribution in [0.15, 0.2) is 12.1 Å². The molecule has 15 heavy (non-hydrogen) atoms. The fourth-order valence-electron chi connectivity index (χ4n) is 1.60. The van der Waals surface area contributed by atoms with Gasteiger partial charge in [-0.25, -0.2) is 4.98 Å². The molecule has 0 spiro atoms. The fraction of sp³-hybridized carbons (Fsp3) is 0.400. The van der Waals surface area contributed by atoms with E-state index in [2.05, 4.69) is 15.4 Å². The highest BCUT2D eigenvalue weighted by Crippen LogP contribution is 2.17. The normalized spacial score (nSPS) is 10.9. The van der Waals surface area contributed by atoms with Crippen molar-refractivity contribution >= 4 is 16.9 Å². The molecule has 0 unspecified atom stereocenters. The van der Waals surface area contributed by atoms with Crippen molar-refractivity contribution in [3.05, 3.63) is 17.8 Å². The van der Waals surface area contributed by atoms with Crippen LogP contribution in [0.25, 0.3) is 11.0 Å². The number of anilines is 1. The van der Waals surface area contributed by atoms with Crippen molar-refractivity contribution in [2.24, 2.45) is 12.8 Å². The van der Waals surface area contributed by atoms with E-state index in [-0.39, 0.29) is 0 Å². The molecule has 2 rings (SSSR count). The monoisotopic (exact) mass is 205 g/mol. The van der Waals surface area contributed by atoms with E-state index in [0.717, 1.165) is 29.1 Å². The minimum atomic E-state index is 0.601. The molecule has 5 nitrogen and oxygen atoms in total. The summed E-state index contributed by atoms with van der Waals surface area (Å²) in [6, 6.07) is 3.98. The molecule has 3 N–H and O–H groups in total. The van der Waals surface area contributed by atoms with Gasteiger partial charge in [0.25, 0.3) is 0 Å². The maximum Gasteiger partial charge on any atom is 0.160 e. The molecule has 0 fully saturated rings. The maximum atomic E-state index is 5.42. The molecule has 2 aromatic heterocycles. The Labute approximate surface area is 88.3 Å². The first-order valence-corrected chi connectivity index (χ1v) is 4.96. The number of aryl methyl sites for hydroxylation is 2. The second-order valence-corrected chi connectivity index (χ2v) is 3.49. The van der Waals surface area contributed by atoms with Gasteiger partial charge in [0.2, 0.25) is 0 Å². The molecule has 2 aromatic rings. The van der Waals surface area contributed by atoms with Crippen LogP contribution < -0.4 is 11.1 Å². The van der Waals surface area contributed by atoms with Crippen molar-refractivity contribution in [3.63, 3.8) is 0 Å². The lowest BCUT2D eigenvalue weighted by molar-refractivity contribution is 0.774. The van der Waals surface area contributed by atoms with Gasteiger partial charge in [0.05, 0.1) is 5.69 Å². The van der Waals surface area contributed by atoms with Crippen LogP contribution >= 0.6 is 0 Å². The lowest BCUT2D eigenvalue weighted by atomic mass is 10.3. The van der Waals surface area contributed by atoms with Crippen LogP contribution in [0, 0.1) is 6.92 Å². The third-order valence-electron chi connectivity index (χ3n) is 2.32. The number of nitrogens with one attached hydrogen (secondary N) is 1. The van der Waals surface area contributed by atoms with Crippen LogP contribution in [0.4, 0.5) is 5.82 Å². The summed E-state index contributed by atoms with van der Waals surface area (Å²) >= 11 is 0. The summed E-state index contributed by atoms with van der Waals surface area (Å²) in [5.74, 6) is 0.843. The van der Waals surface area contributed by atoms with Gasteiger partial charge in [0.15, 0.2) is 5.65 Å². The highest BCUT2D eigenvalue weighted by atomic mass is 15.3. The Morgan fingerprint density at radius 2 is 2.27 bits per heavy atom. The first-order valence-electron chi connectivity index (χ1n) is 4.96. The third kappa shape index (κ3) is 1.78. The summed E-state index contributed by atoms with van der Waals surface area (Å²) < 4.78 is 1.79. The zero-order valence-corrected chi connectivity index (χ0v) is 8.99. The number of hydrogen-bond donors (Lipinski definition) is 2. The summed E-state index contributed by atoms with van der Waals surface area (Å²) in [6.45, 7) is 3.32. The van der Waals surface area contributed by atoms with Gasteiger partial charge in [-0.1, -0.05) is 0 Å². The van der Waals surface area contributed by atoms with E-state index < -0.39 is 0 Å². The van der Waals surface area contributed by atoms with E-state index in [1.807, 2.05) is 26.1 Å². The van der Waals surface area contributed by atoms with Crippen LogP contribution in [0.3, 0.4) is 0 Å². The summed E-state index contributed by atoms with van der Waals surface area (Å²) in [6.07, 6.45) is 0. The standard InChI is InChI=1S/C10H15N5/c1-7-8-3-4-9(12-6-5-11)13-10(8)15(2)14-7/h3-4H,5-6,11H2,1-2H3,(H,12,13). The third-order valence-corrected chi connectivity index (χ3v) is 2.32. The lowest BCUT2D eigenvalue weighted by Gasteiger charge is -2.03. The summed E-state index contributed by atoms with van der Waals surface area (Å²) in [5, 5.41) is 8.55. The number of rotatable bonds is 3. The topological polar surface area (TPSA) is 68.8 Å². The first-order chi connectivity index (χ1) is 7.22. The van der Waals surface area contributed by atoms with Crippen molar-refractivity contribution < 1.29 is 0 Å². The number of pyridine rings is 1. The van der Waals surface area contributed by atoms with E-state index in [0.29, 0.717) is 6.54 Å². The molecule has 0 saturated carbocycles. The molecule has 2 heterocycles. The molecule has 0 aliphatic rings. The van der Waals surface area contributed by atoms with Crippen LogP contribution in [-0.4, -0.2) is 27.9 Å². The second-order valence-electron chi connectivity index (χ2n) is 3.49. The van der Waals surface area contributed by atoms with Crippen LogP contribution in [0.1, 0.15) is 5.69 Å². The number of aromatic nitrogens is 3. The van der Waals surface area contributed by atoms with E-state index in [1.165, 1.54) is 0 Å². The minimum Gasteiger partial charge on any atom is -0.369 e. The zero-order chi connectivity index (χ0) is 10.8. The average Bonchev–Trinajstić information content (AvgIpc) is 2.52. The molecule has 0 aromatic carbocycles. The van der Waals surface area contributed by atoms with Gasteiger partial charge in [-0.2, -0.15) is 5.10 Å². The van der Waals surface area contributed by atoms with Gasteiger partial charge in [0, 0.05) is 25.5 Å². The Bertz CT molecular complexity index is 474. The predicted molar refractivity (Wildman–Crippen MR) is 60.8 cm³/mol. The Morgan fingerprint density at radius 3 is 3.00 bits per heavy atom. The Kier molecular flexibility index (Phi) is 2.55. The molecule has 0 amide bonds. The number of hydrogen-bond acceptors (Lipinski definition) is 4. The molecule has 80 valence electrons. The highest BCUT2D eigenvalue weighted by molar-refractivity contribution is 5.79. The van der Waals surface area contributed by atoms with E-state index in [4.69, 9.17) is 5.73 Å². The molecule has 0 atom stereocenters. The van der Waals surface area contributed by atoms with Crippen LogP contribution in [0.5, 0.6) is 0 Å². The van der Waals surface area contributed by atoms with Crippen molar-refractivity contribution in [3.8, 4) is 0 Å². The Balaban J connectivity index is 2.41. The Hall–Kier alpha value is -1.62. The van der Waals surface area contributed by atoms with Gasteiger partial charge in [-0.15, -0.1) is 0 Å². The summed E-state index contributed by atoms with van der Waals surface area (Å²) in [4.78, 5) is 4.47. The van der Waals surface area contributed by atoms with E-state index in [1.54, 1.807) is 4.68 Å². The lowest BCUT2D eigenvalue weighted by Crippen LogP contribution is -2.13. The van der Waals surface area contributed by atoms with Gasteiger partial charge < -0.3 is 11.1 Å². The minimum absolute atomic E-state index is 0.601. The highest BCUT2D eigenvalue weighted by Gasteiger charge is 2.06. The SMILES string of the molecule is Cc1nn(C)c2nc(NCCN)ccc12. The molecule has 0 bridgehead atoms. The maximum absolute atomic E-state index is 5.42. The smallest absolute Gasteiger partial charge is 0.160 e. The zero-order valence-electron chi connectivity index (χ0n) is 8.99. The van der Waals surface area contributed by atoms with Gasteiger partial charge in [-0.3, -0.25) is 4.68 Å². The van der Waals surface area contributed by atoms with Crippen LogP contribution in [-0.2, 0) is 7.05 Å². The molecule has 5 heteroatoms. The number of nitrogens with two attached hydrogens (primary N) is 1. The quantitative estimate of drug-likeness (QED) is 0.772. The van der Waals surface area contributed by atoms with Crippen molar-refractivity contribution in [2.45, 2.75) is 6.92 Å². The molecular formula is C10H15N5. The summed E-state index contributed by atoms with van der Waals surface area (Å²) in [7, 11) is 1.90. The fourth-order valence-corrected chi connectivity index (χ4v) is 1.60. The number of nitrogens with zero attached hydrogens (tertiary/aromatic N) is 3. The molecule has 0 saturated heterocycles. The average molecular weight is 205 g/mol. The first kappa shape index (κ1) is 9.92. The largest absolute Gasteiger partial charge is 0.369 e. The van der Waals surface area contributed by atoms with Gasteiger partial charge >= 0.3 is 0 Å². The van der Waals surface area contributed by atoms with Crippen molar-refractivity contribution in [1.29, 1.82) is 0 Å². The van der Waals surface area contributed by atoms with Gasteiger partial charge in [-0.05, 0) is 19.1 Å². The van der Waals surface area contributed by atoms with E-state index >= 15 is 0 Å². The molecular weight excluding hydrogens is 190 g/mol. The number of fused-ring (bicyclic) bond motifs is 1. The second kappa shape index (κ2) is 3.86. The molecule has 0 radical (unpaired) electrons. The molecule has 0 aliphatic carbocycles. The van der Waals surface area contributed by atoms with Gasteiger partial charge in [0.1, 0.15) is 5.82 Å². The predicted octanol–water partition coefficient (Wildman–Crippen LogP) is 0.647.